The van der Waals surface area contributed by atoms with E-state index in [1.54, 1.807) is 6.07 Å². The van der Waals surface area contributed by atoms with Crippen LogP contribution in [0.2, 0.25) is 0 Å². The molecule has 0 aromatic heterocycles. The minimum Gasteiger partial charge on any atom is -0.484 e. The van der Waals surface area contributed by atoms with E-state index in [0.29, 0.717) is 29.2 Å². The molecule has 0 radical (unpaired) electrons. The van der Waals surface area contributed by atoms with Crippen molar-refractivity contribution < 1.29 is 19.5 Å². The maximum Gasteiger partial charge on any atom is 0.312 e. The van der Waals surface area contributed by atoms with Gasteiger partial charge in [0.2, 0.25) is 5.75 Å². The first-order chi connectivity index (χ1) is 9.82. The molecule has 0 aliphatic rings. The molecule has 1 aromatic rings. The molecule has 0 spiro atoms. The topological polar surface area (TPSA) is 81.8 Å². The van der Waals surface area contributed by atoms with E-state index < -0.39 is 11.0 Å². The Morgan fingerprint density at radius 1 is 1.33 bits per heavy atom. The molecule has 0 saturated heterocycles. The van der Waals surface area contributed by atoms with E-state index in [4.69, 9.17) is 9.47 Å². The van der Waals surface area contributed by atoms with Crippen LogP contribution in [0.3, 0.4) is 0 Å². The lowest BCUT2D eigenvalue weighted by molar-refractivity contribution is -0.386. The van der Waals surface area contributed by atoms with Gasteiger partial charge in [-0.3, -0.25) is 10.1 Å². The number of nitro benzene ring substituents is 1. The Morgan fingerprint density at radius 2 is 2.00 bits per heavy atom. The van der Waals surface area contributed by atoms with Gasteiger partial charge in [-0.25, -0.2) is 0 Å². The number of hydrogen-bond donors (Lipinski definition) is 1. The number of aliphatic hydroxyl groups is 1. The standard InChI is InChI=1S/C14H20BrNO5/c1-9(2)8-20-4-5-21-14-12(10(3)17)6-11(15)7-13(14)16(18)19/h6-7,9-10,17H,4-5,8H2,1-3H3/t10-/m0/s1. The third kappa shape index (κ3) is 5.61. The predicted octanol–water partition coefficient (Wildman–Crippen LogP) is 3.46. The molecule has 1 aromatic carbocycles. The number of nitro groups is 1. The molecule has 0 aliphatic carbocycles. The number of nitrogens with zero attached hydrogens (tertiary/aromatic N) is 1. The largest absolute Gasteiger partial charge is 0.484 e. The second-order valence-corrected chi connectivity index (χ2v) is 6.01. The van der Waals surface area contributed by atoms with Crippen molar-refractivity contribution >= 4 is 21.6 Å². The first-order valence-electron chi connectivity index (χ1n) is 6.69. The number of benzene rings is 1. The molecule has 7 heteroatoms. The summed E-state index contributed by atoms with van der Waals surface area (Å²) >= 11 is 3.20. The summed E-state index contributed by atoms with van der Waals surface area (Å²) in [6, 6.07) is 2.97. The zero-order valence-corrected chi connectivity index (χ0v) is 13.9. The van der Waals surface area contributed by atoms with E-state index >= 15 is 0 Å². The average molecular weight is 362 g/mol. The second-order valence-electron chi connectivity index (χ2n) is 5.09. The van der Waals surface area contributed by atoms with Gasteiger partial charge in [-0.05, 0) is 18.9 Å². The van der Waals surface area contributed by atoms with Crippen LogP contribution < -0.4 is 4.74 Å². The third-order valence-electron chi connectivity index (χ3n) is 2.63. The first-order valence-corrected chi connectivity index (χ1v) is 7.48. The molecular formula is C14H20BrNO5. The summed E-state index contributed by atoms with van der Waals surface area (Å²) in [7, 11) is 0. The zero-order chi connectivity index (χ0) is 16.0. The fourth-order valence-corrected chi connectivity index (χ4v) is 2.19. The highest BCUT2D eigenvalue weighted by molar-refractivity contribution is 9.10. The van der Waals surface area contributed by atoms with Gasteiger partial charge in [-0.2, -0.15) is 0 Å². The first kappa shape index (κ1) is 17.9. The van der Waals surface area contributed by atoms with Gasteiger partial charge in [0.25, 0.3) is 0 Å². The molecule has 1 rings (SSSR count). The van der Waals surface area contributed by atoms with Gasteiger partial charge < -0.3 is 14.6 Å². The van der Waals surface area contributed by atoms with Gasteiger partial charge in [0, 0.05) is 22.7 Å². The van der Waals surface area contributed by atoms with E-state index in [1.165, 1.54) is 13.0 Å². The van der Waals surface area contributed by atoms with Gasteiger partial charge in [-0.15, -0.1) is 0 Å². The highest BCUT2D eigenvalue weighted by Crippen LogP contribution is 2.37. The molecule has 0 saturated carbocycles. The van der Waals surface area contributed by atoms with E-state index in [9.17, 15) is 15.2 Å². The SMILES string of the molecule is CC(C)COCCOc1c([C@H](C)O)cc(Br)cc1[N+](=O)[O-]. The lowest BCUT2D eigenvalue weighted by Gasteiger charge is -2.14. The summed E-state index contributed by atoms with van der Waals surface area (Å²) in [5.74, 6) is 0.506. The van der Waals surface area contributed by atoms with Crippen LogP contribution in [0.1, 0.15) is 32.4 Å². The monoisotopic (exact) mass is 361 g/mol. The Bertz CT molecular complexity index is 490. The van der Waals surface area contributed by atoms with E-state index in [0.717, 1.165) is 0 Å². The van der Waals surface area contributed by atoms with Crippen LogP contribution in [-0.2, 0) is 4.74 Å². The number of rotatable bonds is 8. The predicted molar refractivity (Wildman–Crippen MR) is 82.6 cm³/mol. The average Bonchev–Trinajstić information content (AvgIpc) is 2.38. The van der Waals surface area contributed by atoms with Crippen molar-refractivity contribution in [2.45, 2.75) is 26.9 Å². The van der Waals surface area contributed by atoms with Gasteiger partial charge in [0.05, 0.1) is 17.6 Å². The van der Waals surface area contributed by atoms with Gasteiger partial charge in [0.1, 0.15) is 6.61 Å². The number of hydrogen-bond acceptors (Lipinski definition) is 5. The number of ether oxygens (including phenoxy) is 2. The molecule has 1 atom stereocenters. The van der Waals surface area contributed by atoms with Crippen LogP contribution in [0.5, 0.6) is 5.75 Å². The molecule has 0 fully saturated rings. The number of halogens is 1. The summed E-state index contributed by atoms with van der Waals surface area (Å²) in [6.45, 7) is 6.74. The van der Waals surface area contributed by atoms with Crippen molar-refractivity contribution in [3.8, 4) is 5.75 Å². The van der Waals surface area contributed by atoms with Crippen molar-refractivity contribution in [2.75, 3.05) is 19.8 Å². The quantitative estimate of drug-likeness (QED) is 0.435. The van der Waals surface area contributed by atoms with E-state index in [2.05, 4.69) is 15.9 Å². The summed E-state index contributed by atoms with van der Waals surface area (Å²) in [4.78, 5) is 10.6. The van der Waals surface area contributed by atoms with Crippen LogP contribution in [0.25, 0.3) is 0 Å². The van der Waals surface area contributed by atoms with Crippen molar-refractivity contribution in [1.29, 1.82) is 0 Å². The second kappa shape index (κ2) is 8.31. The molecule has 21 heavy (non-hydrogen) atoms. The van der Waals surface area contributed by atoms with Crippen molar-refractivity contribution in [2.24, 2.45) is 5.92 Å². The summed E-state index contributed by atoms with van der Waals surface area (Å²) in [5, 5.41) is 20.9. The van der Waals surface area contributed by atoms with Crippen LogP contribution in [0, 0.1) is 16.0 Å². The van der Waals surface area contributed by atoms with Crippen LogP contribution in [-0.4, -0.2) is 29.9 Å². The normalized spacial score (nSPS) is 12.5. The van der Waals surface area contributed by atoms with Crippen molar-refractivity contribution in [3.05, 3.63) is 32.3 Å². The minimum absolute atomic E-state index is 0.0892. The Labute approximate surface area is 132 Å². The highest BCUT2D eigenvalue weighted by Gasteiger charge is 2.23. The minimum atomic E-state index is -0.868. The Kier molecular flexibility index (Phi) is 7.07. The van der Waals surface area contributed by atoms with E-state index in [1.807, 2.05) is 13.8 Å². The molecule has 1 N–H and O–H groups in total. The smallest absolute Gasteiger partial charge is 0.312 e. The molecule has 0 aliphatic heterocycles. The Balaban J connectivity index is 2.85. The third-order valence-corrected chi connectivity index (χ3v) is 3.09. The molecule has 0 bridgehead atoms. The Morgan fingerprint density at radius 3 is 2.52 bits per heavy atom. The van der Waals surface area contributed by atoms with Crippen LogP contribution >= 0.6 is 15.9 Å². The molecule has 0 heterocycles. The molecular weight excluding hydrogens is 342 g/mol. The van der Waals surface area contributed by atoms with Gasteiger partial charge in [0.15, 0.2) is 0 Å². The lowest BCUT2D eigenvalue weighted by Crippen LogP contribution is -2.12. The van der Waals surface area contributed by atoms with Crippen molar-refractivity contribution in [1.82, 2.24) is 0 Å². The maximum atomic E-state index is 11.1. The summed E-state index contributed by atoms with van der Waals surface area (Å²) < 4.78 is 11.4. The fourth-order valence-electron chi connectivity index (χ4n) is 1.72. The summed E-state index contributed by atoms with van der Waals surface area (Å²) in [6.07, 6.45) is -0.868. The van der Waals surface area contributed by atoms with E-state index in [-0.39, 0.29) is 18.0 Å². The van der Waals surface area contributed by atoms with Crippen LogP contribution in [0.4, 0.5) is 5.69 Å². The highest BCUT2D eigenvalue weighted by atomic mass is 79.9. The number of aliphatic hydroxyl groups excluding tert-OH is 1. The van der Waals surface area contributed by atoms with Gasteiger partial charge in [-0.1, -0.05) is 29.8 Å². The molecule has 0 unspecified atom stereocenters. The fraction of sp³-hybridized carbons (Fsp3) is 0.571. The summed E-state index contributed by atoms with van der Waals surface area (Å²) in [5.41, 5.74) is 0.198. The lowest BCUT2D eigenvalue weighted by atomic mass is 10.1. The zero-order valence-electron chi connectivity index (χ0n) is 12.3. The van der Waals surface area contributed by atoms with Crippen molar-refractivity contribution in [3.63, 3.8) is 0 Å². The Hall–Kier alpha value is -1.18. The van der Waals surface area contributed by atoms with Crippen LogP contribution in [0.15, 0.2) is 16.6 Å². The molecule has 6 nitrogen and oxygen atoms in total. The maximum absolute atomic E-state index is 11.1. The molecule has 118 valence electrons. The molecule has 0 amide bonds. The van der Waals surface area contributed by atoms with Gasteiger partial charge >= 0.3 is 5.69 Å².